The number of oxazole rings is 1. The number of amides is 1. The van der Waals surface area contributed by atoms with E-state index < -0.39 is 0 Å². The van der Waals surface area contributed by atoms with Crippen molar-refractivity contribution in [3.63, 3.8) is 0 Å². The number of carbonyl (C=O) groups is 1. The summed E-state index contributed by atoms with van der Waals surface area (Å²) in [7, 11) is 0. The summed E-state index contributed by atoms with van der Waals surface area (Å²) in [6.45, 7) is 1.16. The molecular formula is C22H19N3O3. The molecule has 1 N–H and O–H groups in total. The second-order valence-electron chi connectivity index (χ2n) is 7.19. The standard InChI is InChI=1S/C22H19N3O3/c26-20-16(13-15-5-1-2-6-17(15)23-20)22(27)25-11-9-14(10-12-25)21-24-18-7-3-4-8-19(18)28-21/h1-8,13-14H,9-12H2,(H,23,26). The predicted molar refractivity (Wildman–Crippen MR) is 106 cm³/mol. The molecule has 0 aliphatic carbocycles. The minimum absolute atomic E-state index is 0.186. The van der Waals surface area contributed by atoms with Crippen molar-refractivity contribution in [3.8, 4) is 0 Å². The summed E-state index contributed by atoms with van der Waals surface area (Å²) >= 11 is 0. The highest BCUT2D eigenvalue weighted by atomic mass is 16.3. The third-order valence-corrected chi connectivity index (χ3v) is 5.43. The van der Waals surface area contributed by atoms with Gasteiger partial charge in [0.1, 0.15) is 11.1 Å². The zero-order chi connectivity index (χ0) is 19.1. The Bertz CT molecular complexity index is 1200. The lowest BCUT2D eigenvalue weighted by atomic mass is 9.96. The molecule has 1 amide bonds. The fraction of sp³-hybridized carbons (Fsp3) is 0.227. The van der Waals surface area contributed by atoms with Crippen LogP contribution in [0, 0.1) is 0 Å². The van der Waals surface area contributed by atoms with E-state index in [0.29, 0.717) is 13.1 Å². The highest BCUT2D eigenvalue weighted by molar-refractivity contribution is 5.97. The van der Waals surface area contributed by atoms with Crippen LogP contribution in [0.1, 0.15) is 35.0 Å². The third-order valence-electron chi connectivity index (χ3n) is 5.43. The van der Waals surface area contributed by atoms with E-state index in [1.807, 2.05) is 48.5 Å². The Kier molecular flexibility index (Phi) is 3.97. The van der Waals surface area contributed by atoms with Crippen LogP contribution in [0.4, 0.5) is 0 Å². The maximum absolute atomic E-state index is 12.9. The van der Waals surface area contributed by atoms with Gasteiger partial charge in [0.25, 0.3) is 11.5 Å². The maximum Gasteiger partial charge on any atom is 0.261 e. The Morgan fingerprint density at radius 1 is 1.07 bits per heavy atom. The number of benzene rings is 2. The summed E-state index contributed by atoms with van der Waals surface area (Å²) in [5, 5.41) is 0.854. The van der Waals surface area contributed by atoms with Gasteiger partial charge in [-0.2, -0.15) is 0 Å². The van der Waals surface area contributed by atoms with Crippen molar-refractivity contribution in [2.24, 2.45) is 0 Å². The smallest absolute Gasteiger partial charge is 0.261 e. The lowest BCUT2D eigenvalue weighted by molar-refractivity contribution is 0.0705. The van der Waals surface area contributed by atoms with E-state index in [0.717, 1.165) is 40.7 Å². The molecule has 6 heteroatoms. The molecule has 5 rings (SSSR count). The Morgan fingerprint density at radius 3 is 2.64 bits per heavy atom. The topological polar surface area (TPSA) is 79.2 Å². The minimum Gasteiger partial charge on any atom is -0.440 e. The first-order valence-corrected chi connectivity index (χ1v) is 9.46. The molecule has 6 nitrogen and oxygen atoms in total. The average molecular weight is 373 g/mol. The van der Waals surface area contributed by atoms with Crippen molar-refractivity contribution in [1.29, 1.82) is 0 Å². The van der Waals surface area contributed by atoms with Crippen LogP contribution in [0.3, 0.4) is 0 Å². The van der Waals surface area contributed by atoms with E-state index in [1.54, 1.807) is 11.0 Å². The van der Waals surface area contributed by atoms with Gasteiger partial charge >= 0.3 is 0 Å². The number of hydrogen-bond donors (Lipinski definition) is 1. The Morgan fingerprint density at radius 2 is 1.82 bits per heavy atom. The van der Waals surface area contributed by atoms with Crippen LogP contribution in [0.5, 0.6) is 0 Å². The van der Waals surface area contributed by atoms with Crippen molar-refractivity contribution >= 4 is 27.9 Å². The lowest BCUT2D eigenvalue weighted by Gasteiger charge is -2.30. The van der Waals surface area contributed by atoms with Crippen molar-refractivity contribution < 1.29 is 9.21 Å². The molecule has 2 aromatic carbocycles. The number of aromatic nitrogens is 2. The van der Waals surface area contributed by atoms with E-state index in [2.05, 4.69) is 9.97 Å². The fourth-order valence-corrected chi connectivity index (χ4v) is 3.87. The molecule has 2 aromatic heterocycles. The van der Waals surface area contributed by atoms with E-state index in [4.69, 9.17) is 4.42 Å². The van der Waals surface area contributed by atoms with Crippen LogP contribution in [0.25, 0.3) is 22.0 Å². The van der Waals surface area contributed by atoms with Gasteiger partial charge in [-0.05, 0) is 42.5 Å². The number of piperidine rings is 1. The van der Waals surface area contributed by atoms with Crippen LogP contribution >= 0.6 is 0 Å². The number of carbonyl (C=O) groups excluding carboxylic acids is 1. The highest BCUT2D eigenvalue weighted by Gasteiger charge is 2.28. The summed E-state index contributed by atoms with van der Waals surface area (Å²) in [6, 6.07) is 16.9. The molecule has 0 spiro atoms. The molecule has 0 radical (unpaired) electrons. The number of rotatable bonds is 2. The molecule has 1 aliphatic heterocycles. The molecule has 0 saturated carbocycles. The van der Waals surface area contributed by atoms with E-state index in [9.17, 15) is 9.59 Å². The highest BCUT2D eigenvalue weighted by Crippen LogP contribution is 2.30. The number of H-pyrrole nitrogens is 1. The van der Waals surface area contributed by atoms with Crippen LogP contribution in [-0.4, -0.2) is 33.9 Å². The number of fused-ring (bicyclic) bond motifs is 2. The summed E-state index contributed by atoms with van der Waals surface area (Å²) in [5.74, 6) is 0.700. The summed E-state index contributed by atoms with van der Waals surface area (Å²) in [4.78, 5) is 34.4. The molecule has 4 aromatic rings. The number of nitrogens with zero attached hydrogens (tertiary/aromatic N) is 2. The largest absolute Gasteiger partial charge is 0.440 e. The van der Waals surface area contributed by atoms with E-state index in [-0.39, 0.29) is 22.9 Å². The third kappa shape index (κ3) is 2.87. The quantitative estimate of drug-likeness (QED) is 0.581. The Balaban J connectivity index is 1.34. The summed E-state index contributed by atoms with van der Waals surface area (Å²) < 4.78 is 5.89. The lowest BCUT2D eigenvalue weighted by Crippen LogP contribution is -2.40. The van der Waals surface area contributed by atoms with Gasteiger partial charge in [-0.3, -0.25) is 9.59 Å². The number of nitrogens with one attached hydrogen (secondary N) is 1. The van der Waals surface area contributed by atoms with E-state index >= 15 is 0 Å². The summed E-state index contributed by atoms with van der Waals surface area (Å²) in [5.41, 5.74) is 2.24. The van der Waals surface area contributed by atoms with Crippen LogP contribution in [0.15, 0.2) is 63.8 Å². The molecule has 1 fully saturated rings. The van der Waals surface area contributed by atoms with Crippen LogP contribution in [0.2, 0.25) is 0 Å². The van der Waals surface area contributed by atoms with E-state index in [1.165, 1.54) is 0 Å². The number of likely N-dealkylation sites (tertiary alicyclic amines) is 1. The summed E-state index contributed by atoms with van der Waals surface area (Å²) in [6.07, 6.45) is 1.54. The fourth-order valence-electron chi connectivity index (χ4n) is 3.87. The minimum atomic E-state index is -0.343. The van der Waals surface area contributed by atoms with Crippen molar-refractivity contribution in [2.75, 3.05) is 13.1 Å². The van der Waals surface area contributed by atoms with Gasteiger partial charge < -0.3 is 14.3 Å². The van der Waals surface area contributed by atoms with Crippen molar-refractivity contribution in [3.05, 3.63) is 76.4 Å². The number of para-hydroxylation sites is 3. The van der Waals surface area contributed by atoms with Crippen LogP contribution < -0.4 is 5.56 Å². The van der Waals surface area contributed by atoms with Crippen molar-refractivity contribution in [1.82, 2.24) is 14.9 Å². The first-order chi connectivity index (χ1) is 13.7. The van der Waals surface area contributed by atoms with Gasteiger partial charge in [0.15, 0.2) is 11.5 Å². The molecule has 140 valence electrons. The molecule has 0 atom stereocenters. The predicted octanol–water partition coefficient (Wildman–Crippen LogP) is 3.69. The number of hydrogen-bond acceptors (Lipinski definition) is 4. The number of aromatic amines is 1. The monoisotopic (exact) mass is 373 g/mol. The Hall–Kier alpha value is -3.41. The Labute approximate surface area is 160 Å². The van der Waals surface area contributed by atoms with Gasteiger partial charge in [0.05, 0.1) is 0 Å². The first kappa shape index (κ1) is 16.7. The molecule has 1 aliphatic rings. The van der Waals surface area contributed by atoms with Crippen molar-refractivity contribution in [2.45, 2.75) is 18.8 Å². The molecule has 0 unspecified atom stereocenters. The first-order valence-electron chi connectivity index (χ1n) is 9.46. The van der Waals surface area contributed by atoms with Gasteiger partial charge in [0, 0.05) is 24.5 Å². The molecule has 0 bridgehead atoms. The zero-order valence-corrected chi connectivity index (χ0v) is 15.2. The normalized spacial score (nSPS) is 15.4. The van der Waals surface area contributed by atoms with Gasteiger partial charge in [0.2, 0.25) is 0 Å². The molecule has 1 saturated heterocycles. The SMILES string of the molecule is O=C(c1cc2ccccc2[nH]c1=O)N1CCC(c2nc3ccccc3o2)CC1. The second kappa shape index (κ2) is 6.64. The van der Waals surface area contributed by atoms with Gasteiger partial charge in [-0.25, -0.2) is 4.98 Å². The second-order valence-corrected chi connectivity index (χ2v) is 7.19. The molecule has 28 heavy (non-hydrogen) atoms. The van der Waals surface area contributed by atoms with Gasteiger partial charge in [-0.1, -0.05) is 30.3 Å². The average Bonchev–Trinajstić information content (AvgIpc) is 3.17. The van der Waals surface area contributed by atoms with Crippen LogP contribution in [-0.2, 0) is 0 Å². The zero-order valence-electron chi connectivity index (χ0n) is 15.2. The number of pyridine rings is 1. The van der Waals surface area contributed by atoms with Gasteiger partial charge in [-0.15, -0.1) is 0 Å². The molecular weight excluding hydrogens is 354 g/mol. The molecule has 3 heterocycles. The maximum atomic E-state index is 12.9.